The molecule has 0 radical (unpaired) electrons. The third-order valence-corrected chi connectivity index (χ3v) is 2.48. The highest BCUT2D eigenvalue weighted by Crippen LogP contribution is 2.21. The molecule has 1 aliphatic rings. The largest absolute Gasteiger partial charge is 0.369 e. The number of Topliss-reactive ketones (excluding diaryl/α,β-unsaturated/α-hetero) is 1. The Labute approximate surface area is 80.6 Å². The van der Waals surface area contributed by atoms with Crippen molar-refractivity contribution in [3.05, 3.63) is 30.2 Å². The molecule has 0 aromatic carbocycles. The van der Waals surface area contributed by atoms with Crippen molar-refractivity contribution in [1.82, 2.24) is 9.38 Å². The van der Waals surface area contributed by atoms with Crippen molar-refractivity contribution in [2.75, 3.05) is 11.9 Å². The van der Waals surface area contributed by atoms with Crippen molar-refractivity contribution in [3.63, 3.8) is 0 Å². The second-order valence-electron chi connectivity index (χ2n) is 3.36. The molecule has 0 saturated heterocycles. The first kappa shape index (κ1) is 7.55. The molecule has 2 aromatic heterocycles. The van der Waals surface area contributed by atoms with Crippen molar-refractivity contribution in [2.45, 2.75) is 6.42 Å². The van der Waals surface area contributed by atoms with Crippen LogP contribution in [0.15, 0.2) is 24.5 Å². The molecule has 1 N–H and O–H groups in total. The molecule has 70 valence electrons. The van der Waals surface area contributed by atoms with E-state index in [4.69, 9.17) is 0 Å². The minimum absolute atomic E-state index is 0.120. The number of fused-ring (bicyclic) bond motifs is 3. The van der Waals surface area contributed by atoms with Gasteiger partial charge in [-0.25, -0.2) is 4.98 Å². The summed E-state index contributed by atoms with van der Waals surface area (Å²) in [6.45, 7) is 0.699. The fraction of sp³-hybridized carbons (Fsp3) is 0.200. The normalized spacial score (nSPS) is 15.3. The predicted molar refractivity (Wildman–Crippen MR) is 52.6 cm³/mol. The number of hydrogen-bond donors (Lipinski definition) is 1. The molecule has 0 unspecified atom stereocenters. The van der Waals surface area contributed by atoms with Gasteiger partial charge in [0.05, 0.1) is 11.7 Å². The van der Waals surface area contributed by atoms with Gasteiger partial charge in [-0.05, 0) is 12.1 Å². The first-order valence-electron chi connectivity index (χ1n) is 4.59. The zero-order chi connectivity index (χ0) is 9.54. The van der Waals surface area contributed by atoms with Gasteiger partial charge in [-0.1, -0.05) is 0 Å². The number of aromatic nitrogens is 2. The molecule has 14 heavy (non-hydrogen) atoms. The van der Waals surface area contributed by atoms with Gasteiger partial charge in [-0.15, -0.1) is 0 Å². The third-order valence-electron chi connectivity index (χ3n) is 2.48. The molecule has 0 atom stereocenters. The highest BCUT2D eigenvalue weighted by Gasteiger charge is 2.20. The minimum atomic E-state index is 0.120. The van der Waals surface area contributed by atoms with Crippen LogP contribution >= 0.6 is 0 Å². The Morgan fingerprint density at radius 1 is 1.50 bits per heavy atom. The first-order chi connectivity index (χ1) is 6.86. The predicted octanol–water partition coefficient (Wildman–Crippen LogP) is 1.33. The lowest BCUT2D eigenvalue weighted by molar-refractivity contribution is 0.0978. The van der Waals surface area contributed by atoms with Crippen LogP contribution in [0.3, 0.4) is 0 Å². The summed E-state index contributed by atoms with van der Waals surface area (Å²) in [5.41, 5.74) is 1.56. The van der Waals surface area contributed by atoms with Crippen molar-refractivity contribution < 1.29 is 4.79 Å². The van der Waals surface area contributed by atoms with Gasteiger partial charge >= 0.3 is 0 Å². The molecule has 0 amide bonds. The maximum Gasteiger partial charge on any atom is 0.186 e. The quantitative estimate of drug-likeness (QED) is 0.676. The Balaban J connectivity index is 2.38. The van der Waals surface area contributed by atoms with Gasteiger partial charge in [0.15, 0.2) is 5.78 Å². The van der Waals surface area contributed by atoms with Crippen LogP contribution in [0.1, 0.15) is 16.9 Å². The van der Waals surface area contributed by atoms with Crippen molar-refractivity contribution in [3.8, 4) is 0 Å². The molecule has 0 saturated carbocycles. The van der Waals surface area contributed by atoms with E-state index in [1.54, 1.807) is 6.20 Å². The number of rotatable bonds is 0. The molecule has 2 aromatic rings. The van der Waals surface area contributed by atoms with E-state index in [9.17, 15) is 4.79 Å². The average Bonchev–Trinajstić information content (AvgIpc) is 2.66. The number of hydrogen-bond acceptors (Lipinski definition) is 3. The number of nitrogens with zero attached hydrogens (tertiary/aromatic N) is 2. The zero-order valence-corrected chi connectivity index (χ0v) is 7.53. The molecule has 0 fully saturated rings. The molecule has 4 nitrogen and oxygen atoms in total. The van der Waals surface area contributed by atoms with Gasteiger partial charge in [0.1, 0.15) is 11.5 Å². The molecule has 3 heterocycles. The topological polar surface area (TPSA) is 46.4 Å². The Hall–Kier alpha value is -1.84. The summed E-state index contributed by atoms with van der Waals surface area (Å²) in [5.74, 6) is 0.943. The standard InChI is InChI=1S/C10H9N3O/c14-8-3-4-11-10-9(8)12-6-7-2-1-5-13(7)10/h1-2,5-6,11H,3-4H2. The molecular weight excluding hydrogens is 178 g/mol. The van der Waals surface area contributed by atoms with E-state index in [0.29, 0.717) is 18.7 Å². The lowest BCUT2D eigenvalue weighted by Gasteiger charge is -2.17. The second-order valence-corrected chi connectivity index (χ2v) is 3.36. The van der Waals surface area contributed by atoms with E-state index >= 15 is 0 Å². The van der Waals surface area contributed by atoms with Crippen molar-refractivity contribution in [1.29, 1.82) is 0 Å². The van der Waals surface area contributed by atoms with Gasteiger partial charge < -0.3 is 9.72 Å². The molecule has 3 rings (SSSR count). The summed E-state index contributed by atoms with van der Waals surface area (Å²) in [7, 11) is 0. The van der Waals surface area contributed by atoms with Crippen LogP contribution in [0.2, 0.25) is 0 Å². The monoisotopic (exact) mass is 187 g/mol. The molecule has 1 aliphatic heterocycles. The average molecular weight is 187 g/mol. The third kappa shape index (κ3) is 0.878. The fourth-order valence-corrected chi connectivity index (χ4v) is 1.79. The number of carbonyl (C=O) groups is 1. The van der Waals surface area contributed by atoms with E-state index in [-0.39, 0.29) is 5.78 Å². The fourth-order valence-electron chi connectivity index (χ4n) is 1.79. The SMILES string of the molecule is O=C1CCNc2c1ncc1cccn21. The highest BCUT2D eigenvalue weighted by atomic mass is 16.1. The van der Waals surface area contributed by atoms with Crippen LogP contribution in [0.5, 0.6) is 0 Å². The Bertz CT molecular complexity index is 515. The summed E-state index contributed by atoms with van der Waals surface area (Å²) in [5, 5.41) is 3.20. The molecule has 4 heteroatoms. The smallest absolute Gasteiger partial charge is 0.186 e. The van der Waals surface area contributed by atoms with Crippen molar-refractivity contribution >= 4 is 17.1 Å². The van der Waals surface area contributed by atoms with Gasteiger partial charge in [0.2, 0.25) is 0 Å². The maximum absolute atomic E-state index is 11.5. The van der Waals surface area contributed by atoms with Gasteiger partial charge in [0.25, 0.3) is 0 Å². The van der Waals surface area contributed by atoms with E-state index < -0.39 is 0 Å². The van der Waals surface area contributed by atoms with Gasteiger partial charge in [-0.3, -0.25) is 4.79 Å². The van der Waals surface area contributed by atoms with Gasteiger partial charge in [0, 0.05) is 19.2 Å². The van der Waals surface area contributed by atoms with E-state index in [1.807, 2.05) is 22.7 Å². The summed E-state index contributed by atoms with van der Waals surface area (Å²) >= 11 is 0. The van der Waals surface area contributed by atoms with Crippen LogP contribution in [-0.2, 0) is 0 Å². The zero-order valence-electron chi connectivity index (χ0n) is 7.53. The maximum atomic E-state index is 11.5. The number of anilines is 1. The lowest BCUT2D eigenvalue weighted by Crippen LogP contribution is -2.21. The van der Waals surface area contributed by atoms with E-state index in [1.165, 1.54) is 0 Å². The summed E-state index contributed by atoms with van der Waals surface area (Å²) in [6.07, 6.45) is 4.19. The summed E-state index contributed by atoms with van der Waals surface area (Å²) in [4.78, 5) is 15.7. The number of nitrogens with one attached hydrogen (secondary N) is 1. The van der Waals surface area contributed by atoms with E-state index in [0.717, 1.165) is 11.3 Å². The molecule has 0 spiro atoms. The van der Waals surface area contributed by atoms with Crippen LogP contribution in [0.25, 0.3) is 5.52 Å². The van der Waals surface area contributed by atoms with Gasteiger partial charge in [-0.2, -0.15) is 0 Å². The number of carbonyl (C=O) groups excluding carboxylic acids is 1. The lowest BCUT2D eigenvalue weighted by atomic mass is 10.1. The van der Waals surface area contributed by atoms with Crippen LogP contribution < -0.4 is 5.32 Å². The summed E-state index contributed by atoms with van der Waals surface area (Å²) in [6, 6.07) is 3.91. The second kappa shape index (κ2) is 2.57. The first-order valence-corrected chi connectivity index (χ1v) is 4.59. The summed E-state index contributed by atoms with van der Waals surface area (Å²) < 4.78 is 1.96. The molecular formula is C10H9N3O. The Kier molecular flexibility index (Phi) is 1.39. The minimum Gasteiger partial charge on any atom is -0.369 e. The Morgan fingerprint density at radius 2 is 2.43 bits per heavy atom. The Morgan fingerprint density at radius 3 is 3.36 bits per heavy atom. The molecule has 0 aliphatic carbocycles. The van der Waals surface area contributed by atoms with E-state index in [2.05, 4.69) is 10.3 Å². The number of ketones is 1. The molecule has 0 bridgehead atoms. The van der Waals surface area contributed by atoms with Crippen LogP contribution in [-0.4, -0.2) is 21.7 Å². The van der Waals surface area contributed by atoms with Crippen LogP contribution in [0, 0.1) is 0 Å². The van der Waals surface area contributed by atoms with Crippen molar-refractivity contribution in [2.24, 2.45) is 0 Å². The highest BCUT2D eigenvalue weighted by molar-refractivity contribution is 6.00. The van der Waals surface area contributed by atoms with Crippen LogP contribution in [0.4, 0.5) is 5.82 Å².